The fourth-order valence-electron chi connectivity index (χ4n) is 1.66. The van der Waals surface area contributed by atoms with Crippen LogP contribution in [0.4, 0.5) is 5.69 Å². The second-order valence-electron chi connectivity index (χ2n) is 3.43. The number of piperidine rings is 1. The van der Waals surface area contributed by atoms with Crippen LogP contribution in [0.1, 0.15) is 12.8 Å². The van der Waals surface area contributed by atoms with Crippen molar-refractivity contribution >= 4 is 18.3 Å². The van der Waals surface area contributed by atoms with Crippen LogP contribution in [0.15, 0.2) is 24.5 Å². The SMILES string of the molecule is SC1CCN(c2cccnc2)CC1. The summed E-state index contributed by atoms with van der Waals surface area (Å²) in [6, 6.07) is 4.11. The lowest BCUT2D eigenvalue weighted by molar-refractivity contribution is 0.593. The first-order valence-corrected chi connectivity index (χ1v) is 5.21. The maximum absolute atomic E-state index is 4.47. The minimum atomic E-state index is 0.591. The summed E-state index contributed by atoms with van der Waals surface area (Å²) in [5.74, 6) is 0. The molecule has 0 aromatic carbocycles. The smallest absolute Gasteiger partial charge is 0.0552 e. The number of hydrogen-bond acceptors (Lipinski definition) is 3. The normalized spacial score (nSPS) is 19.0. The Morgan fingerprint density at radius 2 is 2.15 bits per heavy atom. The summed E-state index contributed by atoms with van der Waals surface area (Å²) < 4.78 is 0. The summed E-state index contributed by atoms with van der Waals surface area (Å²) >= 11 is 4.47. The molecule has 2 rings (SSSR count). The topological polar surface area (TPSA) is 16.1 Å². The van der Waals surface area contributed by atoms with E-state index in [9.17, 15) is 0 Å². The zero-order valence-electron chi connectivity index (χ0n) is 7.56. The second-order valence-corrected chi connectivity index (χ2v) is 4.16. The molecule has 0 bridgehead atoms. The lowest BCUT2D eigenvalue weighted by Gasteiger charge is -2.31. The first-order valence-electron chi connectivity index (χ1n) is 4.69. The highest BCUT2D eigenvalue weighted by Crippen LogP contribution is 2.20. The standard InChI is InChI=1S/C10H14N2S/c13-10-3-6-12(7-4-10)9-2-1-5-11-8-9/h1-2,5,8,10,13H,3-4,6-7H2. The van der Waals surface area contributed by atoms with E-state index in [1.165, 1.54) is 18.5 Å². The van der Waals surface area contributed by atoms with Gasteiger partial charge in [0.15, 0.2) is 0 Å². The minimum absolute atomic E-state index is 0.591. The van der Waals surface area contributed by atoms with Gasteiger partial charge in [-0.05, 0) is 25.0 Å². The number of rotatable bonds is 1. The van der Waals surface area contributed by atoms with Gasteiger partial charge in [-0.3, -0.25) is 4.98 Å². The summed E-state index contributed by atoms with van der Waals surface area (Å²) in [4.78, 5) is 6.49. The van der Waals surface area contributed by atoms with Crippen LogP contribution in [0, 0.1) is 0 Å². The number of pyridine rings is 1. The van der Waals surface area contributed by atoms with E-state index in [0.29, 0.717) is 5.25 Å². The first-order chi connectivity index (χ1) is 6.36. The van der Waals surface area contributed by atoms with Gasteiger partial charge < -0.3 is 4.90 Å². The van der Waals surface area contributed by atoms with E-state index in [-0.39, 0.29) is 0 Å². The van der Waals surface area contributed by atoms with Crippen LogP contribution >= 0.6 is 12.6 Å². The molecule has 0 unspecified atom stereocenters. The fourth-order valence-corrected chi connectivity index (χ4v) is 1.90. The van der Waals surface area contributed by atoms with Crippen molar-refractivity contribution in [2.75, 3.05) is 18.0 Å². The van der Waals surface area contributed by atoms with Gasteiger partial charge in [0.25, 0.3) is 0 Å². The molecule has 1 aromatic rings. The third-order valence-electron chi connectivity index (χ3n) is 2.48. The van der Waals surface area contributed by atoms with E-state index in [0.717, 1.165) is 13.1 Å². The Morgan fingerprint density at radius 3 is 2.77 bits per heavy atom. The van der Waals surface area contributed by atoms with Crippen LogP contribution in [0.3, 0.4) is 0 Å². The van der Waals surface area contributed by atoms with E-state index >= 15 is 0 Å². The van der Waals surface area contributed by atoms with Crippen LogP contribution in [0.2, 0.25) is 0 Å². The zero-order chi connectivity index (χ0) is 9.10. The van der Waals surface area contributed by atoms with Crippen molar-refractivity contribution in [1.82, 2.24) is 4.98 Å². The first kappa shape index (κ1) is 8.88. The van der Waals surface area contributed by atoms with Crippen LogP contribution in [-0.4, -0.2) is 23.3 Å². The molecule has 0 amide bonds. The van der Waals surface area contributed by atoms with Gasteiger partial charge >= 0.3 is 0 Å². The summed E-state index contributed by atoms with van der Waals surface area (Å²) in [6.07, 6.45) is 6.10. The Labute approximate surface area is 84.4 Å². The van der Waals surface area contributed by atoms with Gasteiger partial charge in [0, 0.05) is 24.5 Å². The largest absolute Gasteiger partial charge is 0.370 e. The summed E-state index contributed by atoms with van der Waals surface area (Å²) in [7, 11) is 0. The molecule has 0 saturated carbocycles. The van der Waals surface area contributed by atoms with Gasteiger partial charge in [0.05, 0.1) is 11.9 Å². The van der Waals surface area contributed by atoms with Gasteiger partial charge in [-0.1, -0.05) is 0 Å². The van der Waals surface area contributed by atoms with Gasteiger partial charge in [-0.2, -0.15) is 12.6 Å². The number of aromatic nitrogens is 1. The molecule has 0 radical (unpaired) electrons. The van der Waals surface area contributed by atoms with Crippen molar-refractivity contribution in [2.24, 2.45) is 0 Å². The highest BCUT2D eigenvalue weighted by Gasteiger charge is 2.15. The number of nitrogens with zero attached hydrogens (tertiary/aromatic N) is 2. The third-order valence-corrected chi connectivity index (χ3v) is 2.99. The predicted molar refractivity (Wildman–Crippen MR) is 58.5 cm³/mol. The van der Waals surface area contributed by atoms with Crippen molar-refractivity contribution in [2.45, 2.75) is 18.1 Å². The Hall–Kier alpha value is -0.700. The molecule has 1 aromatic heterocycles. The van der Waals surface area contributed by atoms with Gasteiger partial charge in [-0.25, -0.2) is 0 Å². The van der Waals surface area contributed by atoms with Crippen molar-refractivity contribution in [1.29, 1.82) is 0 Å². The molecule has 2 nitrogen and oxygen atoms in total. The molecule has 13 heavy (non-hydrogen) atoms. The van der Waals surface area contributed by atoms with Crippen molar-refractivity contribution < 1.29 is 0 Å². The molecule has 0 spiro atoms. The maximum atomic E-state index is 4.47. The molecule has 1 aliphatic heterocycles. The Balaban J connectivity index is 2.03. The Bertz CT molecular complexity index is 255. The van der Waals surface area contributed by atoms with E-state index in [1.54, 1.807) is 0 Å². The van der Waals surface area contributed by atoms with Crippen LogP contribution in [-0.2, 0) is 0 Å². The lowest BCUT2D eigenvalue weighted by atomic mass is 10.1. The second kappa shape index (κ2) is 4.01. The maximum Gasteiger partial charge on any atom is 0.0552 e. The molecule has 1 saturated heterocycles. The number of thiol groups is 1. The number of anilines is 1. The van der Waals surface area contributed by atoms with E-state index < -0.39 is 0 Å². The quantitative estimate of drug-likeness (QED) is 0.688. The van der Waals surface area contributed by atoms with E-state index in [2.05, 4.69) is 28.6 Å². The van der Waals surface area contributed by atoms with Crippen LogP contribution in [0.5, 0.6) is 0 Å². The molecule has 70 valence electrons. The molecule has 2 heterocycles. The van der Waals surface area contributed by atoms with E-state index in [4.69, 9.17) is 0 Å². The molecular formula is C10H14N2S. The Morgan fingerprint density at radius 1 is 1.38 bits per heavy atom. The van der Waals surface area contributed by atoms with Crippen molar-refractivity contribution in [3.63, 3.8) is 0 Å². The van der Waals surface area contributed by atoms with Crippen molar-refractivity contribution in [3.8, 4) is 0 Å². The Kier molecular flexibility index (Phi) is 2.74. The van der Waals surface area contributed by atoms with Gasteiger partial charge in [0.2, 0.25) is 0 Å². The van der Waals surface area contributed by atoms with E-state index in [1.807, 2.05) is 18.5 Å². The molecule has 0 N–H and O–H groups in total. The minimum Gasteiger partial charge on any atom is -0.370 e. The molecule has 0 aliphatic carbocycles. The van der Waals surface area contributed by atoms with Crippen LogP contribution in [0.25, 0.3) is 0 Å². The molecular weight excluding hydrogens is 180 g/mol. The van der Waals surface area contributed by atoms with Gasteiger partial charge in [-0.15, -0.1) is 0 Å². The monoisotopic (exact) mass is 194 g/mol. The summed E-state index contributed by atoms with van der Waals surface area (Å²) in [6.45, 7) is 2.22. The van der Waals surface area contributed by atoms with Gasteiger partial charge in [0.1, 0.15) is 0 Å². The average molecular weight is 194 g/mol. The summed E-state index contributed by atoms with van der Waals surface area (Å²) in [5, 5.41) is 0.591. The highest BCUT2D eigenvalue weighted by molar-refractivity contribution is 7.80. The highest BCUT2D eigenvalue weighted by atomic mass is 32.1. The fraction of sp³-hybridized carbons (Fsp3) is 0.500. The zero-order valence-corrected chi connectivity index (χ0v) is 8.45. The average Bonchev–Trinajstić information content (AvgIpc) is 2.20. The predicted octanol–water partition coefficient (Wildman–Crippen LogP) is 1.98. The van der Waals surface area contributed by atoms with Crippen LogP contribution < -0.4 is 4.90 Å². The molecule has 3 heteroatoms. The number of hydrogen-bond donors (Lipinski definition) is 1. The lowest BCUT2D eigenvalue weighted by Crippen LogP contribution is -2.33. The third kappa shape index (κ3) is 2.15. The van der Waals surface area contributed by atoms with Crippen molar-refractivity contribution in [3.05, 3.63) is 24.5 Å². The molecule has 0 atom stereocenters. The summed E-state index contributed by atoms with van der Waals surface area (Å²) in [5.41, 5.74) is 1.24. The molecule has 1 fully saturated rings. The molecule has 1 aliphatic rings.